The SMILES string of the molecule is COc1cc(NC(=O)c2cccc(-c3nc4ncccc4o3)c2)cc(OC)c1OC.COc1ccc(NC(=O)c2cccc(-c3nc4ncccc4o3)c2)cc1OC. The number of oxazole rings is 2. The predicted molar refractivity (Wildman–Crippen MR) is 216 cm³/mol. The molecular weight excluding hydrogens is 745 g/mol. The van der Waals surface area contributed by atoms with Gasteiger partial charge in [0.25, 0.3) is 11.8 Å². The number of pyridine rings is 2. The van der Waals surface area contributed by atoms with Crippen LogP contribution in [-0.4, -0.2) is 67.3 Å². The molecule has 0 saturated carbocycles. The number of aromatic nitrogens is 4. The molecule has 0 bridgehead atoms. The first-order valence-electron chi connectivity index (χ1n) is 17.6. The van der Waals surface area contributed by atoms with E-state index >= 15 is 0 Å². The highest BCUT2D eigenvalue weighted by Gasteiger charge is 2.17. The molecule has 58 heavy (non-hydrogen) atoms. The molecule has 4 aromatic heterocycles. The summed E-state index contributed by atoms with van der Waals surface area (Å²) >= 11 is 0. The van der Waals surface area contributed by atoms with Crippen LogP contribution in [0.1, 0.15) is 20.7 Å². The van der Waals surface area contributed by atoms with Crippen LogP contribution in [0.25, 0.3) is 45.4 Å². The molecule has 15 heteroatoms. The molecule has 0 radical (unpaired) electrons. The Morgan fingerprint density at radius 3 is 1.45 bits per heavy atom. The summed E-state index contributed by atoms with van der Waals surface area (Å²) in [5.74, 6) is 2.70. The van der Waals surface area contributed by atoms with Gasteiger partial charge in [0.15, 0.2) is 45.5 Å². The zero-order chi connectivity index (χ0) is 40.6. The molecule has 0 unspecified atom stereocenters. The summed E-state index contributed by atoms with van der Waals surface area (Å²) in [6.45, 7) is 0. The number of anilines is 2. The number of benzene rings is 4. The highest BCUT2D eigenvalue weighted by atomic mass is 16.5. The van der Waals surface area contributed by atoms with Gasteiger partial charge in [-0.15, -0.1) is 0 Å². The molecule has 292 valence electrons. The average Bonchev–Trinajstić information content (AvgIpc) is 3.92. The quantitative estimate of drug-likeness (QED) is 0.128. The molecule has 0 aliphatic rings. The van der Waals surface area contributed by atoms with Gasteiger partial charge in [-0.2, -0.15) is 9.97 Å². The Morgan fingerprint density at radius 2 is 0.983 bits per heavy atom. The molecule has 0 aliphatic heterocycles. The summed E-state index contributed by atoms with van der Waals surface area (Å²) in [7, 11) is 7.65. The summed E-state index contributed by atoms with van der Waals surface area (Å²) in [6, 6.07) is 29.7. The predicted octanol–water partition coefficient (Wildman–Crippen LogP) is 8.33. The lowest BCUT2D eigenvalue weighted by atomic mass is 10.1. The molecule has 0 atom stereocenters. The van der Waals surface area contributed by atoms with Crippen molar-refractivity contribution in [1.82, 2.24) is 19.9 Å². The first kappa shape index (κ1) is 38.3. The summed E-state index contributed by atoms with van der Waals surface area (Å²) in [6.07, 6.45) is 3.30. The number of ether oxygens (including phenoxy) is 5. The number of carbonyl (C=O) groups excluding carboxylic acids is 2. The van der Waals surface area contributed by atoms with Crippen molar-refractivity contribution in [2.24, 2.45) is 0 Å². The van der Waals surface area contributed by atoms with Crippen LogP contribution in [0.2, 0.25) is 0 Å². The largest absolute Gasteiger partial charge is 0.493 e. The van der Waals surface area contributed by atoms with E-state index < -0.39 is 0 Å². The Labute approximate surface area is 331 Å². The fourth-order valence-corrected chi connectivity index (χ4v) is 5.85. The number of amides is 2. The zero-order valence-electron chi connectivity index (χ0n) is 31.9. The van der Waals surface area contributed by atoms with E-state index in [0.29, 0.717) is 96.6 Å². The number of rotatable bonds is 11. The van der Waals surface area contributed by atoms with Gasteiger partial charge < -0.3 is 43.2 Å². The molecule has 4 heterocycles. The minimum atomic E-state index is -0.305. The Kier molecular flexibility index (Phi) is 11.4. The first-order chi connectivity index (χ1) is 28.3. The molecule has 2 N–H and O–H groups in total. The van der Waals surface area contributed by atoms with Gasteiger partial charge in [0.1, 0.15) is 0 Å². The van der Waals surface area contributed by atoms with E-state index in [1.54, 1.807) is 118 Å². The molecule has 2 amide bonds. The average molecular weight is 781 g/mol. The topological polar surface area (TPSA) is 182 Å². The van der Waals surface area contributed by atoms with E-state index in [4.69, 9.17) is 32.5 Å². The van der Waals surface area contributed by atoms with Crippen LogP contribution in [0.15, 0.2) is 124 Å². The van der Waals surface area contributed by atoms with Crippen LogP contribution >= 0.6 is 0 Å². The maximum atomic E-state index is 12.8. The molecule has 0 aliphatic carbocycles. The van der Waals surface area contributed by atoms with E-state index in [1.165, 1.54) is 21.3 Å². The Bertz CT molecular complexity index is 2650. The summed E-state index contributed by atoms with van der Waals surface area (Å²) in [4.78, 5) is 42.6. The van der Waals surface area contributed by atoms with E-state index in [1.807, 2.05) is 12.1 Å². The third kappa shape index (κ3) is 8.33. The maximum absolute atomic E-state index is 12.8. The summed E-state index contributed by atoms with van der Waals surface area (Å²) < 4.78 is 37.9. The van der Waals surface area contributed by atoms with Crippen LogP contribution in [-0.2, 0) is 0 Å². The third-order valence-corrected chi connectivity index (χ3v) is 8.64. The van der Waals surface area contributed by atoms with Gasteiger partial charge >= 0.3 is 0 Å². The van der Waals surface area contributed by atoms with Crippen molar-refractivity contribution in [2.45, 2.75) is 0 Å². The van der Waals surface area contributed by atoms with Gasteiger partial charge in [0.2, 0.25) is 17.5 Å². The lowest BCUT2D eigenvalue weighted by molar-refractivity contribution is 0.101. The van der Waals surface area contributed by atoms with Gasteiger partial charge in [-0.25, -0.2) is 9.97 Å². The van der Waals surface area contributed by atoms with E-state index in [9.17, 15) is 9.59 Å². The molecule has 15 nitrogen and oxygen atoms in total. The number of hydrogen-bond acceptors (Lipinski definition) is 13. The standard InChI is InChI=1S/C22H19N3O5.C21H17N3O4/c1-27-17-11-15(12-18(28-2)19(17)29-3)24-21(26)13-6-4-7-14(10-13)22-25-20-16(30-22)8-5-9-23-20;1-26-16-9-8-15(12-18(16)27-2)23-20(25)13-5-3-6-14(11-13)21-24-19-17(28-21)7-4-10-22-19/h4-12H,1-3H3,(H,24,26);3-12H,1-2H3,(H,23,25). The fourth-order valence-electron chi connectivity index (χ4n) is 5.85. The van der Waals surface area contributed by atoms with Crippen LogP contribution < -0.4 is 34.3 Å². The summed E-state index contributed by atoms with van der Waals surface area (Å²) in [5, 5.41) is 5.70. The lowest BCUT2D eigenvalue weighted by Crippen LogP contribution is -2.12. The highest BCUT2D eigenvalue weighted by molar-refractivity contribution is 6.06. The van der Waals surface area contributed by atoms with Crippen molar-refractivity contribution in [1.29, 1.82) is 0 Å². The van der Waals surface area contributed by atoms with E-state index in [2.05, 4.69) is 30.6 Å². The van der Waals surface area contributed by atoms with Gasteiger partial charge in [-0.05, 0) is 72.8 Å². The molecule has 0 saturated heterocycles. The smallest absolute Gasteiger partial charge is 0.255 e. The zero-order valence-corrected chi connectivity index (χ0v) is 31.9. The van der Waals surface area contributed by atoms with Gasteiger partial charge in [0.05, 0.1) is 35.5 Å². The number of carbonyl (C=O) groups is 2. The minimum Gasteiger partial charge on any atom is -0.493 e. The molecule has 8 aromatic rings. The molecule has 0 spiro atoms. The molecule has 8 rings (SSSR count). The number of hydrogen-bond donors (Lipinski definition) is 2. The van der Waals surface area contributed by atoms with Crippen molar-refractivity contribution in [3.05, 3.63) is 127 Å². The Hall–Kier alpha value is -7.94. The number of fused-ring (bicyclic) bond motifs is 2. The van der Waals surface area contributed by atoms with Gasteiger partial charge in [-0.1, -0.05) is 12.1 Å². The second-order valence-corrected chi connectivity index (χ2v) is 12.2. The number of nitrogens with one attached hydrogen (secondary N) is 2. The number of nitrogens with zero attached hydrogens (tertiary/aromatic N) is 4. The van der Waals surface area contributed by atoms with Crippen LogP contribution in [0.4, 0.5) is 11.4 Å². The van der Waals surface area contributed by atoms with Crippen molar-refractivity contribution in [3.63, 3.8) is 0 Å². The molecule has 4 aromatic carbocycles. The van der Waals surface area contributed by atoms with Crippen LogP contribution in [0.3, 0.4) is 0 Å². The van der Waals surface area contributed by atoms with Crippen molar-refractivity contribution < 1.29 is 42.1 Å². The normalized spacial score (nSPS) is 10.6. The van der Waals surface area contributed by atoms with Crippen LogP contribution in [0.5, 0.6) is 28.7 Å². The maximum Gasteiger partial charge on any atom is 0.255 e. The van der Waals surface area contributed by atoms with Crippen molar-refractivity contribution >= 4 is 45.6 Å². The molecule has 0 fully saturated rings. The minimum absolute atomic E-state index is 0.261. The second kappa shape index (κ2) is 17.2. The van der Waals surface area contributed by atoms with E-state index in [0.717, 1.165) is 0 Å². The van der Waals surface area contributed by atoms with Crippen molar-refractivity contribution in [3.8, 4) is 51.7 Å². The second-order valence-electron chi connectivity index (χ2n) is 12.2. The van der Waals surface area contributed by atoms with Gasteiger partial charge in [0, 0.05) is 64.2 Å². The lowest BCUT2D eigenvalue weighted by Gasteiger charge is -2.14. The number of methoxy groups -OCH3 is 5. The van der Waals surface area contributed by atoms with Crippen LogP contribution in [0, 0.1) is 0 Å². The Morgan fingerprint density at radius 1 is 0.500 bits per heavy atom. The Balaban J connectivity index is 0.000000177. The van der Waals surface area contributed by atoms with E-state index in [-0.39, 0.29) is 11.8 Å². The highest BCUT2D eigenvalue weighted by Crippen LogP contribution is 2.40. The summed E-state index contributed by atoms with van der Waals surface area (Å²) in [5.41, 5.74) is 5.60. The van der Waals surface area contributed by atoms with Crippen molar-refractivity contribution in [2.75, 3.05) is 46.2 Å². The first-order valence-corrected chi connectivity index (χ1v) is 17.6. The third-order valence-electron chi connectivity index (χ3n) is 8.64. The molecular formula is C43H36N6O9. The fraction of sp³-hybridized carbons (Fsp3) is 0.116. The monoisotopic (exact) mass is 780 g/mol. The van der Waals surface area contributed by atoms with Gasteiger partial charge in [-0.3, -0.25) is 9.59 Å².